The van der Waals surface area contributed by atoms with Crippen LogP contribution in [0, 0.1) is 23.7 Å². The van der Waals surface area contributed by atoms with Crippen LogP contribution in [0.4, 0.5) is 0 Å². The highest BCUT2D eigenvalue weighted by atomic mass is 35.5. The van der Waals surface area contributed by atoms with Crippen LogP contribution in [0.1, 0.15) is 44.6 Å². The standard InChI is InChI=1S/C25H32Cl2N4O3/c1-14(32)31-11-17-7-18(31)9-19(17)16-3-5-23-20(8-16)25(34)30(13-29-23)12-24(33)28-10-15-2-4-21(26)22(27)6-15/h2,4,6,16-20,23,29H,3,5,7-13H2,1H3,(H,28,33). The van der Waals surface area contributed by atoms with Gasteiger partial charge in [-0.1, -0.05) is 29.3 Å². The van der Waals surface area contributed by atoms with E-state index in [-0.39, 0.29) is 36.2 Å². The maximum absolute atomic E-state index is 13.3. The van der Waals surface area contributed by atoms with E-state index in [4.69, 9.17) is 23.2 Å². The minimum absolute atomic E-state index is 0.0444. The summed E-state index contributed by atoms with van der Waals surface area (Å²) in [7, 11) is 0. The Balaban J connectivity index is 1.15. The summed E-state index contributed by atoms with van der Waals surface area (Å²) in [6.07, 6.45) is 5.22. The fourth-order valence-electron chi connectivity index (χ4n) is 6.82. The van der Waals surface area contributed by atoms with E-state index in [1.807, 2.05) is 11.0 Å². The molecule has 2 bridgehead atoms. The lowest BCUT2D eigenvalue weighted by molar-refractivity contribution is -0.146. The molecule has 7 nitrogen and oxygen atoms in total. The van der Waals surface area contributed by atoms with Crippen molar-refractivity contribution < 1.29 is 14.4 Å². The minimum Gasteiger partial charge on any atom is -0.350 e. The first kappa shape index (κ1) is 23.9. The molecule has 3 amide bonds. The van der Waals surface area contributed by atoms with E-state index in [0.717, 1.165) is 44.2 Å². The maximum Gasteiger partial charge on any atom is 0.239 e. The molecular formula is C25H32Cl2N4O3. The number of carbonyl (C=O) groups excluding carboxylic acids is 3. The van der Waals surface area contributed by atoms with Crippen molar-refractivity contribution in [3.05, 3.63) is 33.8 Å². The Hall–Kier alpha value is -1.83. The highest BCUT2D eigenvalue weighted by Gasteiger charge is 2.51. The quantitative estimate of drug-likeness (QED) is 0.642. The number of hydrogen-bond acceptors (Lipinski definition) is 4. The second kappa shape index (κ2) is 9.67. The van der Waals surface area contributed by atoms with Gasteiger partial charge in [-0.3, -0.25) is 19.7 Å². The lowest BCUT2D eigenvalue weighted by atomic mass is 9.68. The van der Waals surface area contributed by atoms with Crippen molar-refractivity contribution in [2.24, 2.45) is 23.7 Å². The van der Waals surface area contributed by atoms with Gasteiger partial charge in [0.1, 0.15) is 6.54 Å². The molecule has 2 aliphatic carbocycles. The summed E-state index contributed by atoms with van der Waals surface area (Å²) in [6, 6.07) is 5.85. The third-order valence-corrected chi connectivity index (χ3v) is 9.22. The van der Waals surface area contributed by atoms with Gasteiger partial charge in [-0.2, -0.15) is 0 Å². The number of likely N-dealkylation sites (tertiary alicyclic amines) is 1. The molecule has 4 aliphatic rings. The summed E-state index contributed by atoms with van der Waals surface area (Å²) < 4.78 is 0. The maximum atomic E-state index is 13.3. The number of fused-ring (bicyclic) bond motifs is 3. The Labute approximate surface area is 210 Å². The van der Waals surface area contributed by atoms with Gasteiger partial charge >= 0.3 is 0 Å². The first-order valence-electron chi connectivity index (χ1n) is 12.3. The molecule has 2 N–H and O–H groups in total. The topological polar surface area (TPSA) is 81.8 Å². The fraction of sp³-hybridized carbons (Fsp3) is 0.640. The van der Waals surface area contributed by atoms with Gasteiger partial charge in [-0.25, -0.2) is 0 Å². The zero-order valence-corrected chi connectivity index (χ0v) is 20.9. The van der Waals surface area contributed by atoms with Gasteiger partial charge in [0.25, 0.3) is 0 Å². The third kappa shape index (κ3) is 4.67. The number of rotatable bonds is 5. The van der Waals surface area contributed by atoms with Gasteiger partial charge in [-0.15, -0.1) is 0 Å². The van der Waals surface area contributed by atoms with Crippen LogP contribution >= 0.6 is 23.2 Å². The van der Waals surface area contributed by atoms with Crippen LogP contribution in [0.25, 0.3) is 0 Å². The minimum atomic E-state index is -0.190. The molecular weight excluding hydrogens is 475 g/mol. The predicted molar refractivity (Wildman–Crippen MR) is 130 cm³/mol. The summed E-state index contributed by atoms with van der Waals surface area (Å²) in [6.45, 7) is 3.34. The van der Waals surface area contributed by atoms with Crippen molar-refractivity contribution in [3.63, 3.8) is 0 Å². The molecule has 0 aromatic heterocycles. The van der Waals surface area contributed by atoms with Crippen molar-refractivity contribution >= 4 is 40.9 Å². The largest absolute Gasteiger partial charge is 0.350 e. The second-order valence-corrected chi connectivity index (χ2v) is 11.2. The van der Waals surface area contributed by atoms with Crippen LogP contribution in [0.15, 0.2) is 18.2 Å². The predicted octanol–water partition coefficient (Wildman–Crippen LogP) is 3.04. The average Bonchev–Trinajstić information content (AvgIpc) is 3.43. The highest BCUT2D eigenvalue weighted by molar-refractivity contribution is 6.42. The summed E-state index contributed by atoms with van der Waals surface area (Å²) in [5.74, 6) is 1.73. The molecule has 6 atom stereocenters. The van der Waals surface area contributed by atoms with Gasteiger partial charge in [0.2, 0.25) is 17.7 Å². The second-order valence-electron chi connectivity index (χ2n) is 10.4. The third-order valence-electron chi connectivity index (χ3n) is 8.48. The van der Waals surface area contributed by atoms with Crippen molar-refractivity contribution in [2.45, 2.75) is 57.7 Å². The van der Waals surface area contributed by atoms with Crippen molar-refractivity contribution in [1.29, 1.82) is 0 Å². The summed E-state index contributed by atoms with van der Waals surface area (Å²) in [5, 5.41) is 7.30. The summed E-state index contributed by atoms with van der Waals surface area (Å²) in [5.41, 5.74) is 0.857. The molecule has 34 heavy (non-hydrogen) atoms. The number of halogens is 2. The Bertz CT molecular complexity index is 989. The first-order chi connectivity index (χ1) is 16.3. The lowest BCUT2D eigenvalue weighted by Crippen LogP contribution is -2.60. The van der Waals surface area contributed by atoms with Crippen molar-refractivity contribution in [1.82, 2.24) is 20.4 Å². The Morgan fingerprint density at radius 2 is 1.94 bits per heavy atom. The van der Waals surface area contributed by atoms with Gasteiger partial charge in [-0.05, 0) is 67.6 Å². The molecule has 0 radical (unpaired) electrons. The van der Waals surface area contributed by atoms with Gasteiger partial charge < -0.3 is 15.1 Å². The smallest absolute Gasteiger partial charge is 0.239 e. The van der Waals surface area contributed by atoms with Gasteiger partial charge in [0.05, 0.1) is 22.6 Å². The first-order valence-corrected chi connectivity index (χ1v) is 13.1. The van der Waals surface area contributed by atoms with Crippen LogP contribution in [-0.4, -0.2) is 59.4 Å². The van der Waals surface area contributed by atoms with E-state index in [2.05, 4.69) is 10.6 Å². The number of nitrogens with zero attached hydrogens (tertiary/aromatic N) is 2. The van der Waals surface area contributed by atoms with Crippen molar-refractivity contribution in [3.8, 4) is 0 Å². The lowest BCUT2D eigenvalue weighted by Gasteiger charge is -2.46. The Morgan fingerprint density at radius 3 is 2.65 bits per heavy atom. The zero-order valence-electron chi connectivity index (χ0n) is 19.4. The van der Waals surface area contributed by atoms with Crippen LogP contribution in [0.5, 0.6) is 0 Å². The average molecular weight is 507 g/mol. The van der Waals surface area contributed by atoms with E-state index >= 15 is 0 Å². The van der Waals surface area contributed by atoms with E-state index in [1.54, 1.807) is 24.0 Å². The number of nitrogens with one attached hydrogen (secondary N) is 2. The molecule has 2 aliphatic heterocycles. The molecule has 1 aromatic carbocycles. The molecule has 1 aromatic rings. The molecule has 2 saturated heterocycles. The van der Waals surface area contributed by atoms with E-state index < -0.39 is 0 Å². The molecule has 5 rings (SSSR count). The number of benzene rings is 1. The molecule has 6 unspecified atom stereocenters. The Kier molecular flexibility index (Phi) is 6.79. The number of hydrogen-bond donors (Lipinski definition) is 2. The molecule has 2 heterocycles. The summed E-state index contributed by atoms with van der Waals surface area (Å²) >= 11 is 12.0. The normalized spacial score (nSPS) is 32.6. The van der Waals surface area contributed by atoms with E-state index in [1.165, 1.54) is 0 Å². The number of amides is 3. The SMILES string of the molecule is CC(=O)N1CC2CC1CC2C1CCC2NCN(CC(=O)NCc3ccc(Cl)c(Cl)c3)C(=O)C2C1. The van der Waals surface area contributed by atoms with Gasteiger partial charge in [0.15, 0.2) is 0 Å². The van der Waals surface area contributed by atoms with Gasteiger partial charge in [0, 0.05) is 32.1 Å². The van der Waals surface area contributed by atoms with Crippen LogP contribution in [-0.2, 0) is 20.9 Å². The molecule has 184 valence electrons. The number of piperidine rings is 1. The Morgan fingerprint density at radius 1 is 1.12 bits per heavy atom. The monoisotopic (exact) mass is 506 g/mol. The molecule has 4 fully saturated rings. The van der Waals surface area contributed by atoms with Crippen LogP contribution < -0.4 is 10.6 Å². The van der Waals surface area contributed by atoms with Crippen molar-refractivity contribution in [2.75, 3.05) is 19.8 Å². The summed E-state index contributed by atoms with van der Waals surface area (Å²) in [4.78, 5) is 41.4. The molecule has 2 saturated carbocycles. The zero-order chi connectivity index (χ0) is 24.0. The molecule has 9 heteroatoms. The highest BCUT2D eigenvalue weighted by Crippen LogP contribution is 2.50. The fourth-order valence-corrected chi connectivity index (χ4v) is 7.14. The van der Waals surface area contributed by atoms with E-state index in [0.29, 0.717) is 47.1 Å². The van der Waals surface area contributed by atoms with Crippen LogP contribution in [0.3, 0.4) is 0 Å². The van der Waals surface area contributed by atoms with Crippen LogP contribution in [0.2, 0.25) is 10.0 Å². The number of carbonyl (C=O) groups is 3. The molecule has 0 spiro atoms. The van der Waals surface area contributed by atoms with E-state index in [9.17, 15) is 14.4 Å².